The normalized spacial score (nSPS) is 24.6. The number of thiocarbonyl (C=S) groups is 1. The molecule has 2 heterocycles. The Kier molecular flexibility index (Phi) is 4.04. The molecule has 0 spiro atoms. The molecule has 0 N–H and O–H groups in total. The summed E-state index contributed by atoms with van der Waals surface area (Å²) in [5.74, 6) is 0.299. The van der Waals surface area contributed by atoms with Crippen LogP contribution >= 0.6 is 12.2 Å². The zero-order valence-electron chi connectivity index (χ0n) is 14.0. The van der Waals surface area contributed by atoms with Crippen molar-refractivity contribution in [3.8, 4) is 0 Å². The minimum absolute atomic E-state index is 0.134. The maximum Gasteiger partial charge on any atom is 0.181 e. The number of benzene rings is 2. The first-order chi connectivity index (χ1) is 12.0. The zero-order valence-corrected chi connectivity index (χ0v) is 15.6. The summed E-state index contributed by atoms with van der Waals surface area (Å²) < 4.78 is 24.6. The number of nitrogens with zero attached hydrogens (tertiary/aromatic N) is 2. The van der Waals surface area contributed by atoms with Crippen molar-refractivity contribution in [1.82, 2.24) is 0 Å². The molecule has 2 aromatic carbocycles. The second kappa shape index (κ2) is 6.11. The quantitative estimate of drug-likeness (QED) is 0.775. The van der Waals surface area contributed by atoms with E-state index in [0.717, 1.165) is 17.8 Å². The average molecular weight is 373 g/mol. The van der Waals surface area contributed by atoms with Gasteiger partial charge in [-0.3, -0.25) is 0 Å². The van der Waals surface area contributed by atoms with E-state index in [9.17, 15) is 8.42 Å². The highest BCUT2D eigenvalue weighted by atomic mass is 32.2. The Labute approximate surface area is 154 Å². The smallest absolute Gasteiger partial charge is 0.181 e. The van der Waals surface area contributed by atoms with E-state index in [-0.39, 0.29) is 23.6 Å². The highest BCUT2D eigenvalue weighted by Crippen LogP contribution is 2.38. The van der Waals surface area contributed by atoms with Gasteiger partial charge in [-0.1, -0.05) is 37.3 Å². The lowest BCUT2D eigenvalue weighted by Crippen LogP contribution is -2.37. The molecule has 4 rings (SSSR count). The van der Waals surface area contributed by atoms with Crippen molar-refractivity contribution in [2.45, 2.75) is 25.4 Å². The van der Waals surface area contributed by atoms with Gasteiger partial charge in [-0.15, -0.1) is 0 Å². The highest BCUT2D eigenvalue weighted by Gasteiger charge is 2.52. The lowest BCUT2D eigenvalue weighted by molar-refractivity contribution is 0.601. The van der Waals surface area contributed by atoms with Gasteiger partial charge in [-0.25, -0.2) is 8.42 Å². The van der Waals surface area contributed by atoms with Crippen LogP contribution in [0.4, 0.5) is 11.4 Å². The van der Waals surface area contributed by atoms with Crippen LogP contribution in [0.25, 0.3) is 0 Å². The zero-order chi connectivity index (χ0) is 17.6. The minimum atomic E-state index is -3.07. The first kappa shape index (κ1) is 16.5. The van der Waals surface area contributed by atoms with E-state index in [0.29, 0.717) is 5.11 Å². The fourth-order valence-corrected chi connectivity index (χ4v) is 6.19. The fourth-order valence-electron chi connectivity index (χ4n) is 3.79. The largest absolute Gasteiger partial charge is 0.312 e. The van der Waals surface area contributed by atoms with Crippen molar-refractivity contribution in [2.24, 2.45) is 0 Å². The van der Waals surface area contributed by atoms with Crippen molar-refractivity contribution in [3.63, 3.8) is 0 Å². The van der Waals surface area contributed by atoms with Crippen LogP contribution < -0.4 is 9.80 Å². The van der Waals surface area contributed by atoms with Gasteiger partial charge in [0.15, 0.2) is 14.9 Å². The molecule has 130 valence electrons. The van der Waals surface area contributed by atoms with Crippen molar-refractivity contribution < 1.29 is 8.42 Å². The van der Waals surface area contributed by atoms with E-state index in [1.54, 1.807) is 0 Å². The summed E-state index contributed by atoms with van der Waals surface area (Å²) in [6.07, 6.45) is 0.974. The molecular formula is C19H20N2O2S2. The van der Waals surface area contributed by atoms with Crippen molar-refractivity contribution in [2.75, 3.05) is 21.3 Å². The third kappa shape index (κ3) is 2.83. The number of hydrogen-bond donors (Lipinski definition) is 0. The van der Waals surface area contributed by atoms with E-state index in [2.05, 4.69) is 19.1 Å². The van der Waals surface area contributed by atoms with Crippen molar-refractivity contribution in [1.29, 1.82) is 0 Å². The molecule has 2 atom stereocenters. The van der Waals surface area contributed by atoms with Gasteiger partial charge in [-0.2, -0.15) is 0 Å². The third-order valence-corrected chi connectivity index (χ3v) is 7.12. The minimum Gasteiger partial charge on any atom is -0.312 e. The average Bonchev–Trinajstić information content (AvgIpc) is 3.04. The molecule has 0 aliphatic carbocycles. The summed E-state index contributed by atoms with van der Waals surface area (Å²) in [6.45, 7) is 2.12. The monoisotopic (exact) mass is 372 g/mol. The van der Waals surface area contributed by atoms with Gasteiger partial charge in [0.05, 0.1) is 23.6 Å². The standard InChI is InChI=1S/C19H20N2O2S2/c1-2-14-8-10-16(11-9-14)21-18-13-25(22,23)12-17(18)20(19(21)24)15-6-4-3-5-7-15/h3-11,17-18H,2,12-13H2,1H3/t17-,18+/m0/s1. The van der Waals surface area contributed by atoms with Gasteiger partial charge < -0.3 is 9.80 Å². The number of anilines is 2. The van der Waals surface area contributed by atoms with Crippen LogP contribution in [-0.2, 0) is 16.3 Å². The Morgan fingerprint density at radius 1 is 0.920 bits per heavy atom. The Balaban J connectivity index is 1.77. The summed E-state index contributed by atoms with van der Waals surface area (Å²) >= 11 is 5.77. The molecule has 0 amide bonds. The molecule has 0 aromatic heterocycles. The number of hydrogen-bond acceptors (Lipinski definition) is 3. The Morgan fingerprint density at radius 2 is 1.44 bits per heavy atom. The maximum atomic E-state index is 12.3. The lowest BCUT2D eigenvalue weighted by atomic mass is 10.1. The Hall–Kier alpha value is -1.92. The number of aryl methyl sites for hydroxylation is 1. The summed E-state index contributed by atoms with van der Waals surface area (Å²) in [5.41, 5.74) is 3.17. The number of para-hydroxylation sites is 1. The Morgan fingerprint density at radius 3 is 1.96 bits per heavy atom. The van der Waals surface area contributed by atoms with Gasteiger partial charge in [0.25, 0.3) is 0 Å². The van der Waals surface area contributed by atoms with Gasteiger partial charge in [-0.05, 0) is 48.5 Å². The lowest BCUT2D eigenvalue weighted by Gasteiger charge is -2.25. The molecule has 0 saturated carbocycles. The van der Waals surface area contributed by atoms with E-state index in [1.165, 1.54) is 5.56 Å². The first-order valence-corrected chi connectivity index (χ1v) is 10.7. The maximum absolute atomic E-state index is 12.3. The molecule has 6 heteroatoms. The van der Waals surface area contributed by atoms with Crippen LogP contribution in [0.5, 0.6) is 0 Å². The highest BCUT2D eigenvalue weighted by molar-refractivity contribution is 7.91. The molecule has 0 radical (unpaired) electrons. The van der Waals surface area contributed by atoms with E-state index in [4.69, 9.17) is 12.2 Å². The van der Waals surface area contributed by atoms with Gasteiger partial charge >= 0.3 is 0 Å². The molecule has 4 nitrogen and oxygen atoms in total. The Bertz CT molecular complexity index is 895. The summed E-state index contributed by atoms with van der Waals surface area (Å²) in [4.78, 5) is 4.04. The summed E-state index contributed by atoms with van der Waals surface area (Å²) in [6, 6.07) is 17.8. The van der Waals surface area contributed by atoms with Crippen LogP contribution in [0.2, 0.25) is 0 Å². The molecule has 25 heavy (non-hydrogen) atoms. The molecule has 0 bridgehead atoms. The van der Waals surface area contributed by atoms with E-state index in [1.807, 2.05) is 52.3 Å². The van der Waals surface area contributed by atoms with Gasteiger partial charge in [0.2, 0.25) is 0 Å². The van der Waals surface area contributed by atoms with Crippen LogP contribution in [0.3, 0.4) is 0 Å². The third-order valence-electron chi connectivity index (χ3n) is 5.03. The summed E-state index contributed by atoms with van der Waals surface area (Å²) in [5, 5.41) is 0.681. The first-order valence-electron chi connectivity index (χ1n) is 8.47. The van der Waals surface area contributed by atoms with Crippen LogP contribution in [0.15, 0.2) is 54.6 Å². The van der Waals surface area contributed by atoms with E-state index >= 15 is 0 Å². The molecule has 2 aromatic rings. The molecule has 2 fully saturated rings. The second-order valence-electron chi connectivity index (χ2n) is 6.59. The predicted molar refractivity (Wildman–Crippen MR) is 106 cm³/mol. The van der Waals surface area contributed by atoms with Gasteiger partial charge in [0, 0.05) is 11.4 Å². The molecule has 2 saturated heterocycles. The SMILES string of the molecule is CCc1ccc(N2C(=S)N(c3ccccc3)[C@H]3CS(=O)(=O)C[C@H]32)cc1. The number of rotatable bonds is 3. The predicted octanol–water partition coefficient (Wildman–Crippen LogP) is 3.03. The van der Waals surface area contributed by atoms with Crippen molar-refractivity contribution >= 4 is 38.5 Å². The van der Waals surface area contributed by atoms with Crippen LogP contribution in [0.1, 0.15) is 12.5 Å². The molecular weight excluding hydrogens is 352 g/mol. The molecule has 2 aliphatic heterocycles. The van der Waals surface area contributed by atoms with E-state index < -0.39 is 9.84 Å². The van der Waals surface area contributed by atoms with Crippen LogP contribution in [-0.4, -0.2) is 37.1 Å². The fraction of sp³-hybridized carbons (Fsp3) is 0.316. The van der Waals surface area contributed by atoms with Gasteiger partial charge in [0.1, 0.15) is 0 Å². The van der Waals surface area contributed by atoms with Crippen molar-refractivity contribution in [3.05, 3.63) is 60.2 Å². The second-order valence-corrected chi connectivity index (χ2v) is 9.11. The van der Waals surface area contributed by atoms with Crippen LogP contribution in [0, 0.1) is 0 Å². The number of fused-ring (bicyclic) bond motifs is 1. The topological polar surface area (TPSA) is 40.6 Å². The number of sulfone groups is 1. The molecule has 2 aliphatic rings. The summed E-state index contributed by atoms with van der Waals surface area (Å²) in [7, 11) is -3.07. The molecule has 0 unspecified atom stereocenters.